The van der Waals surface area contributed by atoms with E-state index in [4.69, 9.17) is 0 Å². The number of aromatic nitrogens is 3. The Morgan fingerprint density at radius 2 is 1.17 bits per heavy atom. The van der Waals surface area contributed by atoms with Crippen molar-refractivity contribution in [2.24, 2.45) is 0 Å². The van der Waals surface area contributed by atoms with E-state index >= 15 is 0 Å². The first kappa shape index (κ1) is 29.0. The molecular formula is C29H32N3P2Ru. The van der Waals surface area contributed by atoms with Crippen LogP contribution in [0.1, 0.15) is 5.69 Å². The zero-order valence-electron chi connectivity index (χ0n) is 20.9. The average molecular weight is 586 g/mol. The topological polar surface area (TPSA) is 39.9 Å². The monoisotopic (exact) mass is 586 g/mol. The summed E-state index contributed by atoms with van der Waals surface area (Å²) in [4.78, 5) is 4.39. The van der Waals surface area contributed by atoms with Crippen molar-refractivity contribution in [3.8, 4) is 11.4 Å². The fourth-order valence-electron chi connectivity index (χ4n) is 3.28. The average Bonchev–Trinajstić information content (AvgIpc) is 3.31. The number of hydrogen-bond donors (Lipinski definition) is 0. The predicted molar refractivity (Wildman–Crippen MR) is 153 cm³/mol. The smallest absolute Gasteiger partial charge is 0.573 e. The Balaban J connectivity index is 0.000000197. The molecule has 2 aromatic heterocycles. The molecule has 0 saturated carbocycles. The number of aryl methyl sites for hydroxylation is 1. The van der Waals surface area contributed by atoms with Crippen LogP contribution in [0.4, 0.5) is 0 Å². The van der Waals surface area contributed by atoms with Gasteiger partial charge in [-0.05, 0) is 55.6 Å². The van der Waals surface area contributed by atoms with Crippen molar-refractivity contribution in [3.05, 3.63) is 109 Å². The molecule has 0 aliphatic heterocycles. The quantitative estimate of drug-likeness (QED) is 0.176. The molecule has 3 aromatic carbocycles. The van der Waals surface area contributed by atoms with Gasteiger partial charge in [-0.15, -0.1) is 0 Å². The molecule has 0 fully saturated rings. The SMILES string of the molecule is CP(C)c1ccccc1.CP(C)c1ccccc1.Cc1cc(-c2nccc3ccccc23)[n-]n1.[Ru+]. The van der Waals surface area contributed by atoms with Gasteiger partial charge in [-0.2, -0.15) is 0 Å². The first-order chi connectivity index (χ1) is 16.5. The van der Waals surface area contributed by atoms with Gasteiger partial charge in [0.1, 0.15) is 0 Å². The number of nitrogens with zero attached hydrogens (tertiary/aromatic N) is 3. The number of benzene rings is 3. The summed E-state index contributed by atoms with van der Waals surface area (Å²) in [5, 5.41) is 13.4. The molecule has 5 aromatic rings. The van der Waals surface area contributed by atoms with Gasteiger partial charge in [-0.3, -0.25) is 4.98 Å². The number of hydrogen-bond acceptors (Lipinski definition) is 2. The van der Waals surface area contributed by atoms with Gasteiger partial charge in [0, 0.05) is 17.3 Å². The van der Waals surface area contributed by atoms with Crippen LogP contribution in [0.25, 0.3) is 22.2 Å². The Morgan fingerprint density at radius 3 is 1.63 bits per heavy atom. The van der Waals surface area contributed by atoms with Gasteiger partial charge in [-0.1, -0.05) is 113 Å². The molecule has 181 valence electrons. The van der Waals surface area contributed by atoms with E-state index in [1.165, 1.54) is 16.0 Å². The maximum absolute atomic E-state index is 4.39. The van der Waals surface area contributed by atoms with Crippen LogP contribution in [0.2, 0.25) is 0 Å². The predicted octanol–water partition coefficient (Wildman–Crippen LogP) is 6.67. The molecule has 0 spiro atoms. The van der Waals surface area contributed by atoms with Gasteiger partial charge in [0.05, 0.1) is 5.69 Å². The number of rotatable bonds is 3. The summed E-state index contributed by atoms with van der Waals surface area (Å²) < 4.78 is 0. The first-order valence-electron chi connectivity index (χ1n) is 11.2. The Morgan fingerprint density at radius 1 is 0.657 bits per heavy atom. The third-order valence-corrected chi connectivity index (χ3v) is 7.78. The van der Waals surface area contributed by atoms with Crippen LogP contribution in [0.5, 0.6) is 0 Å². The summed E-state index contributed by atoms with van der Waals surface area (Å²) in [6.07, 6.45) is 1.81. The summed E-state index contributed by atoms with van der Waals surface area (Å²) >= 11 is 0. The Kier molecular flexibility index (Phi) is 12.4. The van der Waals surface area contributed by atoms with Crippen LogP contribution in [0.3, 0.4) is 0 Å². The molecule has 0 N–H and O–H groups in total. The molecule has 0 unspecified atom stereocenters. The number of fused-ring (bicyclic) bond motifs is 1. The maximum atomic E-state index is 4.39. The normalized spacial score (nSPS) is 10.1. The molecule has 0 amide bonds. The van der Waals surface area contributed by atoms with Crippen molar-refractivity contribution in [3.63, 3.8) is 0 Å². The maximum Gasteiger partial charge on any atom is 1.00 e. The molecule has 35 heavy (non-hydrogen) atoms. The second-order valence-corrected chi connectivity index (χ2v) is 12.8. The van der Waals surface area contributed by atoms with Crippen LogP contribution in [0, 0.1) is 6.92 Å². The van der Waals surface area contributed by atoms with Crippen molar-refractivity contribution < 1.29 is 19.5 Å². The van der Waals surface area contributed by atoms with E-state index in [0.717, 1.165) is 22.5 Å². The van der Waals surface area contributed by atoms with Crippen molar-refractivity contribution in [1.82, 2.24) is 15.2 Å². The second kappa shape index (κ2) is 15.0. The van der Waals surface area contributed by atoms with Crippen molar-refractivity contribution in [2.75, 3.05) is 26.7 Å². The minimum absolute atomic E-state index is 0. The molecule has 0 bridgehead atoms. The van der Waals surface area contributed by atoms with Gasteiger partial charge >= 0.3 is 19.5 Å². The third-order valence-electron chi connectivity index (χ3n) is 5.12. The van der Waals surface area contributed by atoms with E-state index in [2.05, 4.69) is 115 Å². The van der Waals surface area contributed by atoms with E-state index in [9.17, 15) is 0 Å². The molecule has 3 nitrogen and oxygen atoms in total. The molecule has 0 atom stereocenters. The summed E-state index contributed by atoms with van der Waals surface area (Å²) in [5.41, 5.74) is 2.66. The van der Waals surface area contributed by atoms with Crippen molar-refractivity contribution >= 4 is 37.2 Å². The molecule has 0 aliphatic rings. The summed E-state index contributed by atoms with van der Waals surface area (Å²) in [6, 6.07) is 33.4. The van der Waals surface area contributed by atoms with E-state index in [1.807, 2.05) is 37.4 Å². The second-order valence-electron chi connectivity index (χ2n) is 8.21. The summed E-state index contributed by atoms with van der Waals surface area (Å²) in [7, 11) is 0.209. The zero-order valence-corrected chi connectivity index (χ0v) is 24.4. The van der Waals surface area contributed by atoms with Gasteiger partial charge < -0.3 is 10.2 Å². The van der Waals surface area contributed by atoms with E-state index in [0.29, 0.717) is 0 Å². The Bertz CT molecular complexity index is 1220. The van der Waals surface area contributed by atoms with Gasteiger partial charge in [0.15, 0.2) is 0 Å². The summed E-state index contributed by atoms with van der Waals surface area (Å²) in [5.74, 6) is 0. The van der Waals surface area contributed by atoms with Gasteiger partial charge in [0.2, 0.25) is 0 Å². The van der Waals surface area contributed by atoms with Crippen LogP contribution in [0.15, 0.2) is 103 Å². The number of pyridine rings is 1. The molecule has 0 saturated heterocycles. The van der Waals surface area contributed by atoms with Crippen molar-refractivity contribution in [2.45, 2.75) is 6.92 Å². The Hall–Kier alpha value is -2.24. The molecule has 6 heteroatoms. The van der Waals surface area contributed by atoms with Crippen molar-refractivity contribution in [1.29, 1.82) is 0 Å². The van der Waals surface area contributed by atoms with Gasteiger partial charge in [-0.25, -0.2) is 0 Å². The minimum Gasteiger partial charge on any atom is -0.573 e. The van der Waals surface area contributed by atoms with Crippen LogP contribution >= 0.6 is 15.8 Å². The van der Waals surface area contributed by atoms with E-state index in [1.54, 1.807) is 0 Å². The fraction of sp³-hybridized carbons (Fsp3) is 0.172. The molecule has 1 radical (unpaired) electrons. The standard InChI is InChI=1S/C13H10N3.2C8H11P.Ru/c1-9-8-12(16-15-9)13-11-5-3-2-4-10(11)6-7-14-13;2*1-9(2)8-6-4-3-5-7-8;/h2-8H,1H3;2*3-7H,1-2H3;/q-1;;;+1. The fourth-order valence-corrected chi connectivity index (χ4v) is 4.82. The van der Waals surface area contributed by atoms with Crippen LogP contribution in [-0.4, -0.2) is 36.7 Å². The summed E-state index contributed by atoms with van der Waals surface area (Å²) in [6.45, 7) is 11.0. The Labute approximate surface area is 225 Å². The third kappa shape index (κ3) is 9.05. The van der Waals surface area contributed by atoms with Gasteiger partial charge in [0.25, 0.3) is 0 Å². The van der Waals surface area contributed by atoms with Crippen LogP contribution in [-0.2, 0) is 19.5 Å². The zero-order chi connectivity index (χ0) is 24.3. The molecule has 0 aliphatic carbocycles. The molecular weight excluding hydrogens is 553 g/mol. The van der Waals surface area contributed by atoms with E-state index < -0.39 is 0 Å². The molecule has 5 rings (SSSR count). The van der Waals surface area contributed by atoms with Crippen LogP contribution < -0.4 is 15.7 Å². The molecule has 2 heterocycles. The first-order valence-corrected chi connectivity index (χ1v) is 15.7. The van der Waals surface area contributed by atoms with E-state index in [-0.39, 0.29) is 35.3 Å². The minimum atomic E-state index is 0. The largest absolute Gasteiger partial charge is 1.00 e.